The zero-order valence-corrected chi connectivity index (χ0v) is 17.1. The summed E-state index contributed by atoms with van der Waals surface area (Å²) in [5.74, 6) is 1.12. The fraction of sp³-hybridized carbons (Fsp3) is 0.364. The predicted octanol–water partition coefficient (Wildman–Crippen LogP) is 3.85. The lowest BCUT2D eigenvalue weighted by molar-refractivity contribution is -0.131. The molecule has 2 aromatic rings. The van der Waals surface area contributed by atoms with Crippen LogP contribution in [0.4, 0.5) is 11.4 Å². The minimum absolute atomic E-state index is 0.0717. The maximum atomic E-state index is 12.9. The number of benzene rings is 2. The summed E-state index contributed by atoms with van der Waals surface area (Å²) < 4.78 is 16.1. The molecule has 7 heteroatoms. The number of carbonyl (C=O) groups excluding carboxylic acids is 2. The Morgan fingerprint density at radius 2 is 1.52 bits per heavy atom. The summed E-state index contributed by atoms with van der Waals surface area (Å²) in [6, 6.07) is 12.2. The van der Waals surface area contributed by atoms with Gasteiger partial charge in [0.15, 0.2) is 0 Å². The zero-order valence-electron chi connectivity index (χ0n) is 17.1. The molecular formula is C22H26N2O5. The molecule has 2 aromatic carbocycles. The van der Waals surface area contributed by atoms with Crippen molar-refractivity contribution in [1.82, 2.24) is 0 Å². The molecule has 0 bridgehead atoms. The molecule has 7 nitrogen and oxygen atoms in total. The van der Waals surface area contributed by atoms with Gasteiger partial charge in [-0.05, 0) is 63.1 Å². The summed E-state index contributed by atoms with van der Waals surface area (Å²) >= 11 is 0. The van der Waals surface area contributed by atoms with Crippen LogP contribution in [0.3, 0.4) is 0 Å². The highest BCUT2D eigenvalue weighted by atomic mass is 16.5. The monoisotopic (exact) mass is 398 g/mol. The molecule has 1 aliphatic carbocycles. The lowest BCUT2D eigenvalue weighted by atomic mass is 10.0. The fourth-order valence-electron chi connectivity index (χ4n) is 2.98. The second kappa shape index (κ2) is 8.43. The Morgan fingerprint density at radius 3 is 2.07 bits per heavy atom. The van der Waals surface area contributed by atoms with E-state index in [1.807, 2.05) is 13.8 Å². The van der Waals surface area contributed by atoms with E-state index in [-0.39, 0.29) is 17.9 Å². The van der Waals surface area contributed by atoms with Crippen LogP contribution in [0.5, 0.6) is 17.2 Å². The van der Waals surface area contributed by atoms with Crippen molar-refractivity contribution in [2.24, 2.45) is 5.41 Å². The number of hydrogen-bond donors (Lipinski definition) is 2. The molecule has 154 valence electrons. The van der Waals surface area contributed by atoms with Crippen molar-refractivity contribution < 1.29 is 23.8 Å². The topological polar surface area (TPSA) is 85.9 Å². The van der Waals surface area contributed by atoms with Gasteiger partial charge in [-0.3, -0.25) is 9.59 Å². The number of hydrogen-bond acceptors (Lipinski definition) is 5. The van der Waals surface area contributed by atoms with Crippen molar-refractivity contribution in [3.05, 3.63) is 42.5 Å². The van der Waals surface area contributed by atoms with Crippen molar-refractivity contribution in [2.45, 2.75) is 32.8 Å². The van der Waals surface area contributed by atoms with Gasteiger partial charge in [0.25, 0.3) is 0 Å². The first-order valence-corrected chi connectivity index (χ1v) is 9.49. The molecular weight excluding hydrogens is 372 g/mol. The standard InChI is InChI=1S/C22H26N2O5/c1-14(2)29-16-7-5-15(6-8-16)23-20(25)22(11-12-22)21(26)24-18-13-17(27-3)9-10-19(18)28-4/h5-10,13-14H,11-12H2,1-4H3,(H,23,25)(H,24,26). The molecule has 2 amide bonds. The molecule has 1 fully saturated rings. The minimum Gasteiger partial charge on any atom is -0.497 e. The number of ether oxygens (including phenoxy) is 3. The van der Waals surface area contributed by atoms with Crippen LogP contribution in [-0.2, 0) is 9.59 Å². The molecule has 0 aromatic heterocycles. The third kappa shape index (κ3) is 4.62. The highest BCUT2D eigenvalue weighted by Gasteiger charge is 2.56. The zero-order chi connectivity index (χ0) is 21.0. The molecule has 0 radical (unpaired) electrons. The van der Waals surface area contributed by atoms with Crippen LogP contribution >= 0.6 is 0 Å². The van der Waals surface area contributed by atoms with Crippen molar-refractivity contribution >= 4 is 23.2 Å². The van der Waals surface area contributed by atoms with Crippen molar-refractivity contribution in [1.29, 1.82) is 0 Å². The maximum Gasteiger partial charge on any atom is 0.240 e. The van der Waals surface area contributed by atoms with E-state index >= 15 is 0 Å². The summed E-state index contributed by atoms with van der Waals surface area (Å²) in [7, 11) is 3.06. The molecule has 0 saturated heterocycles. The third-order valence-electron chi connectivity index (χ3n) is 4.76. The Labute approximate surface area is 170 Å². The maximum absolute atomic E-state index is 12.9. The van der Waals surface area contributed by atoms with Crippen LogP contribution in [0.25, 0.3) is 0 Å². The van der Waals surface area contributed by atoms with Crippen LogP contribution in [0, 0.1) is 5.41 Å². The van der Waals surface area contributed by atoms with Gasteiger partial charge < -0.3 is 24.8 Å². The SMILES string of the molecule is COc1ccc(OC)c(NC(=O)C2(C(=O)Nc3ccc(OC(C)C)cc3)CC2)c1. The minimum atomic E-state index is -1.08. The first-order chi connectivity index (χ1) is 13.9. The largest absolute Gasteiger partial charge is 0.497 e. The van der Waals surface area contributed by atoms with E-state index in [1.165, 1.54) is 7.11 Å². The smallest absolute Gasteiger partial charge is 0.240 e. The van der Waals surface area contributed by atoms with Crippen LogP contribution in [0.15, 0.2) is 42.5 Å². The van der Waals surface area contributed by atoms with E-state index in [1.54, 1.807) is 49.6 Å². The number of amides is 2. The van der Waals surface area contributed by atoms with Gasteiger partial charge in [-0.25, -0.2) is 0 Å². The summed E-state index contributed by atoms with van der Waals surface area (Å²) in [5.41, 5.74) is -0.00321. The summed E-state index contributed by atoms with van der Waals surface area (Å²) in [6.07, 6.45) is 1.05. The van der Waals surface area contributed by atoms with Crippen molar-refractivity contribution in [2.75, 3.05) is 24.9 Å². The number of nitrogens with one attached hydrogen (secondary N) is 2. The van der Waals surface area contributed by atoms with Gasteiger partial charge in [0.05, 0.1) is 26.0 Å². The molecule has 2 N–H and O–H groups in total. The molecule has 0 atom stereocenters. The fourth-order valence-corrected chi connectivity index (χ4v) is 2.98. The van der Waals surface area contributed by atoms with E-state index in [0.29, 0.717) is 35.7 Å². The Hall–Kier alpha value is -3.22. The molecule has 29 heavy (non-hydrogen) atoms. The highest BCUT2D eigenvalue weighted by molar-refractivity contribution is 6.17. The van der Waals surface area contributed by atoms with Gasteiger partial charge in [-0.15, -0.1) is 0 Å². The molecule has 0 spiro atoms. The van der Waals surface area contributed by atoms with Gasteiger partial charge in [-0.2, -0.15) is 0 Å². The number of carbonyl (C=O) groups is 2. The second-order valence-corrected chi connectivity index (χ2v) is 7.25. The molecule has 0 aliphatic heterocycles. The second-order valence-electron chi connectivity index (χ2n) is 7.25. The van der Waals surface area contributed by atoms with Crippen LogP contribution in [0.2, 0.25) is 0 Å². The van der Waals surface area contributed by atoms with Gasteiger partial charge in [0.1, 0.15) is 22.7 Å². The average molecular weight is 398 g/mol. The predicted molar refractivity (Wildman–Crippen MR) is 111 cm³/mol. The summed E-state index contributed by atoms with van der Waals surface area (Å²) in [4.78, 5) is 25.7. The molecule has 1 saturated carbocycles. The number of rotatable bonds is 8. The van der Waals surface area contributed by atoms with Gasteiger partial charge in [0, 0.05) is 11.8 Å². The highest BCUT2D eigenvalue weighted by Crippen LogP contribution is 2.48. The van der Waals surface area contributed by atoms with Crippen molar-refractivity contribution in [3.63, 3.8) is 0 Å². The van der Waals surface area contributed by atoms with E-state index in [9.17, 15) is 9.59 Å². The number of anilines is 2. The lowest BCUT2D eigenvalue weighted by Gasteiger charge is -2.17. The molecule has 0 heterocycles. The van der Waals surface area contributed by atoms with E-state index in [0.717, 1.165) is 5.75 Å². The van der Waals surface area contributed by atoms with Crippen LogP contribution in [0.1, 0.15) is 26.7 Å². The Kier molecular flexibility index (Phi) is 5.96. The van der Waals surface area contributed by atoms with Crippen LogP contribution in [-0.4, -0.2) is 32.1 Å². The van der Waals surface area contributed by atoms with Gasteiger partial charge in [-0.1, -0.05) is 0 Å². The Morgan fingerprint density at radius 1 is 0.897 bits per heavy atom. The van der Waals surface area contributed by atoms with Gasteiger partial charge in [0.2, 0.25) is 11.8 Å². The number of methoxy groups -OCH3 is 2. The Bertz CT molecular complexity index is 889. The normalized spacial score (nSPS) is 14.1. The summed E-state index contributed by atoms with van der Waals surface area (Å²) in [6.45, 7) is 3.89. The lowest BCUT2D eigenvalue weighted by Crippen LogP contribution is -2.35. The first-order valence-electron chi connectivity index (χ1n) is 9.49. The molecule has 3 rings (SSSR count). The average Bonchev–Trinajstić information content (AvgIpc) is 3.51. The molecule has 0 unspecified atom stereocenters. The van der Waals surface area contributed by atoms with Crippen molar-refractivity contribution in [3.8, 4) is 17.2 Å². The third-order valence-corrected chi connectivity index (χ3v) is 4.76. The van der Waals surface area contributed by atoms with E-state index < -0.39 is 5.41 Å². The summed E-state index contributed by atoms with van der Waals surface area (Å²) in [5, 5.41) is 5.64. The van der Waals surface area contributed by atoms with E-state index in [4.69, 9.17) is 14.2 Å². The van der Waals surface area contributed by atoms with Gasteiger partial charge >= 0.3 is 0 Å². The quantitative estimate of drug-likeness (QED) is 0.660. The Balaban J connectivity index is 1.69. The first kappa shape index (κ1) is 20.5. The van der Waals surface area contributed by atoms with E-state index in [2.05, 4.69) is 10.6 Å². The molecule has 1 aliphatic rings. The van der Waals surface area contributed by atoms with Crippen LogP contribution < -0.4 is 24.8 Å².